The Balaban J connectivity index is 1.99. The van der Waals surface area contributed by atoms with E-state index in [9.17, 15) is 10.1 Å². The lowest BCUT2D eigenvalue weighted by molar-refractivity contribution is -0.455. The molecule has 5 nitrogen and oxygen atoms in total. The molecule has 0 amide bonds. The maximum atomic E-state index is 12.3. The minimum absolute atomic E-state index is 0.419. The van der Waals surface area contributed by atoms with E-state index in [1.807, 2.05) is 66.7 Å². The highest BCUT2D eigenvalue weighted by Crippen LogP contribution is 2.61. The van der Waals surface area contributed by atoms with Crippen LogP contribution < -0.4 is 0 Å². The quantitative estimate of drug-likeness (QED) is 0.304. The topological polar surface area (TPSA) is 65.0 Å². The van der Waals surface area contributed by atoms with Crippen LogP contribution in [-0.2, 0) is 30.5 Å². The fraction of sp³-hybridized carbons (Fsp3) is 0.125. The van der Waals surface area contributed by atoms with Crippen molar-refractivity contribution in [2.24, 2.45) is 0 Å². The van der Waals surface area contributed by atoms with Gasteiger partial charge in [-0.05, 0) is 11.1 Å². The van der Waals surface area contributed by atoms with E-state index in [1.165, 1.54) is 13.2 Å². The van der Waals surface area contributed by atoms with E-state index in [-0.39, 0.29) is 0 Å². The van der Waals surface area contributed by atoms with E-state index in [0.717, 1.165) is 11.1 Å². The number of hydrogen-bond acceptors (Lipinski definition) is 5. The summed E-state index contributed by atoms with van der Waals surface area (Å²) in [6.45, 7) is 0. The van der Waals surface area contributed by atoms with Gasteiger partial charge in [-0.3, -0.25) is 0 Å². The first-order valence-electron chi connectivity index (χ1n) is 9.17. The van der Waals surface area contributed by atoms with Crippen molar-refractivity contribution in [3.05, 3.63) is 119 Å². The number of carbonyl (C=O) groups excluding carboxylic acids is 1. The second kappa shape index (κ2) is 7.64. The fourth-order valence-electron chi connectivity index (χ4n) is 3.82. The molecule has 5 heteroatoms. The van der Waals surface area contributed by atoms with Crippen LogP contribution in [0.1, 0.15) is 16.7 Å². The maximum absolute atomic E-state index is 12.3. The van der Waals surface area contributed by atoms with Crippen molar-refractivity contribution in [3.63, 3.8) is 0 Å². The third-order valence-electron chi connectivity index (χ3n) is 5.14. The molecule has 0 bridgehead atoms. The molecule has 3 aromatic rings. The highest BCUT2D eigenvalue weighted by molar-refractivity contribution is 5.84. The number of benzene rings is 3. The van der Waals surface area contributed by atoms with Crippen LogP contribution in [0.15, 0.2) is 103 Å². The number of ether oxygens (including phenoxy) is 2. The lowest BCUT2D eigenvalue weighted by Gasteiger charge is -2.56. The average molecular weight is 388 g/mol. The molecular weight excluding hydrogens is 368 g/mol. The van der Waals surface area contributed by atoms with E-state index in [4.69, 9.17) is 14.4 Å². The highest BCUT2D eigenvalue weighted by atomic mass is 17.2. The molecule has 0 aliphatic carbocycles. The zero-order valence-electron chi connectivity index (χ0n) is 15.8. The number of hydrogen-bond donors (Lipinski definition) is 1. The van der Waals surface area contributed by atoms with Crippen LogP contribution in [0.25, 0.3) is 0 Å². The van der Waals surface area contributed by atoms with E-state index in [1.54, 1.807) is 24.3 Å². The summed E-state index contributed by atoms with van der Waals surface area (Å²) in [5.41, 5.74) is 1.44. The second-order valence-corrected chi connectivity index (χ2v) is 6.67. The van der Waals surface area contributed by atoms with Gasteiger partial charge in [0, 0.05) is 17.2 Å². The van der Waals surface area contributed by atoms with E-state index >= 15 is 0 Å². The van der Waals surface area contributed by atoms with Crippen LogP contribution in [0.4, 0.5) is 0 Å². The Morgan fingerprint density at radius 2 is 1.28 bits per heavy atom. The minimum atomic E-state index is -1.64. The van der Waals surface area contributed by atoms with Crippen LogP contribution in [0.2, 0.25) is 0 Å². The fourth-order valence-corrected chi connectivity index (χ4v) is 3.82. The van der Waals surface area contributed by atoms with Gasteiger partial charge >= 0.3 is 5.97 Å². The molecule has 3 aromatic carbocycles. The molecule has 0 saturated carbocycles. The monoisotopic (exact) mass is 388 g/mol. The molecule has 1 N–H and O–H groups in total. The first-order valence-corrected chi connectivity index (χ1v) is 9.17. The zero-order chi connectivity index (χ0) is 20.3. The number of methoxy groups -OCH3 is 1. The molecule has 1 aliphatic heterocycles. The summed E-state index contributed by atoms with van der Waals surface area (Å²) in [5, 5.41) is 9.95. The van der Waals surface area contributed by atoms with Gasteiger partial charge in [0.15, 0.2) is 0 Å². The predicted molar refractivity (Wildman–Crippen MR) is 107 cm³/mol. The Morgan fingerprint density at radius 3 is 1.69 bits per heavy atom. The summed E-state index contributed by atoms with van der Waals surface area (Å²) in [4.78, 5) is 17.2. The first-order chi connectivity index (χ1) is 14.2. The maximum Gasteiger partial charge on any atom is 0.330 e. The normalized spacial score (nSPS) is 21.4. The van der Waals surface area contributed by atoms with Crippen molar-refractivity contribution in [2.75, 3.05) is 7.11 Å². The molecule has 0 spiro atoms. The van der Waals surface area contributed by atoms with Gasteiger partial charge < -0.3 is 9.47 Å². The Hall–Kier alpha value is -3.25. The summed E-state index contributed by atoms with van der Waals surface area (Å²) in [6, 6.07) is 28.0. The van der Waals surface area contributed by atoms with E-state index in [2.05, 4.69) is 0 Å². The summed E-state index contributed by atoms with van der Waals surface area (Å²) in [5.74, 6) is -2.21. The third kappa shape index (κ3) is 2.96. The van der Waals surface area contributed by atoms with Gasteiger partial charge in [0.1, 0.15) is 5.60 Å². The standard InChI is InChI=1S/C24H20O5/c1-27-22(25)17-21-23(18-11-5-2-6-12-18,19-13-7-3-8-14-19)28-24(21,29-26)20-15-9-4-10-16-20/h2-17,26H,1H3/b21-17-. The number of carbonyl (C=O) groups is 1. The Labute approximate surface area is 168 Å². The number of rotatable bonds is 5. The smallest absolute Gasteiger partial charge is 0.330 e. The van der Waals surface area contributed by atoms with Gasteiger partial charge in [0.25, 0.3) is 5.79 Å². The predicted octanol–water partition coefficient (Wildman–Crippen LogP) is 4.40. The first kappa shape index (κ1) is 19.1. The molecule has 1 atom stereocenters. The summed E-state index contributed by atoms with van der Waals surface area (Å²) < 4.78 is 11.3. The Kier molecular flexibility index (Phi) is 5.03. The van der Waals surface area contributed by atoms with Crippen LogP contribution in [0.3, 0.4) is 0 Å². The zero-order valence-corrected chi connectivity index (χ0v) is 15.8. The van der Waals surface area contributed by atoms with Gasteiger partial charge in [-0.25, -0.2) is 10.1 Å². The molecule has 146 valence electrons. The van der Waals surface area contributed by atoms with Crippen LogP contribution in [-0.4, -0.2) is 18.3 Å². The minimum Gasteiger partial charge on any atom is -0.466 e. The van der Waals surface area contributed by atoms with Crippen molar-refractivity contribution < 1.29 is 24.4 Å². The molecule has 1 aliphatic rings. The largest absolute Gasteiger partial charge is 0.466 e. The summed E-state index contributed by atoms with van der Waals surface area (Å²) in [7, 11) is 1.30. The molecule has 29 heavy (non-hydrogen) atoms. The van der Waals surface area contributed by atoms with Crippen LogP contribution in [0, 0.1) is 0 Å². The molecule has 1 fully saturated rings. The average Bonchev–Trinajstić information content (AvgIpc) is 2.79. The molecule has 0 radical (unpaired) electrons. The molecule has 1 unspecified atom stereocenters. The Bertz CT molecular complexity index is 975. The van der Waals surface area contributed by atoms with Gasteiger partial charge in [0.2, 0.25) is 0 Å². The SMILES string of the molecule is COC(=O)/C=C1\C(OO)(c2ccccc2)OC1(c1ccccc1)c1ccccc1. The van der Waals surface area contributed by atoms with Crippen molar-refractivity contribution in [2.45, 2.75) is 11.4 Å². The van der Waals surface area contributed by atoms with E-state index in [0.29, 0.717) is 11.1 Å². The van der Waals surface area contributed by atoms with Crippen molar-refractivity contribution in [1.29, 1.82) is 0 Å². The summed E-state index contributed by atoms with van der Waals surface area (Å²) in [6.07, 6.45) is 1.33. The van der Waals surface area contributed by atoms with Crippen LogP contribution >= 0.6 is 0 Å². The molecule has 1 heterocycles. The van der Waals surface area contributed by atoms with Gasteiger partial charge in [-0.1, -0.05) is 91.0 Å². The molecule has 0 aromatic heterocycles. The van der Waals surface area contributed by atoms with Crippen molar-refractivity contribution in [3.8, 4) is 0 Å². The van der Waals surface area contributed by atoms with Crippen molar-refractivity contribution >= 4 is 5.97 Å². The molecule has 1 saturated heterocycles. The lowest BCUT2D eigenvalue weighted by atomic mass is 9.69. The number of esters is 1. The van der Waals surface area contributed by atoms with Crippen LogP contribution in [0.5, 0.6) is 0 Å². The second-order valence-electron chi connectivity index (χ2n) is 6.67. The van der Waals surface area contributed by atoms with Gasteiger partial charge in [-0.15, -0.1) is 0 Å². The molecular formula is C24H20O5. The lowest BCUT2D eigenvalue weighted by Crippen LogP contribution is -2.60. The van der Waals surface area contributed by atoms with Gasteiger partial charge in [-0.2, -0.15) is 4.89 Å². The Morgan fingerprint density at radius 1 is 0.828 bits per heavy atom. The highest BCUT2D eigenvalue weighted by Gasteiger charge is 2.65. The van der Waals surface area contributed by atoms with Crippen molar-refractivity contribution in [1.82, 2.24) is 0 Å². The summed E-state index contributed by atoms with van der Waals surface area (Å²) >= 11 is 0. The third-order valence-corrected chi connectivity index (χ3v) is 5.14. The molecule has 4 rings (SSSR count). The van der Waals surface area contributed by atoms with E-state index < -0.39 is 17.4 Å². The van der Waals surface area contributed by atoms with Gasteiger partial charge in [0.05, 0.1) is 7.11 Å².